The van der Waals surface area contributed by atoms with Crippen LogP contribution < -0.4 is 5.32 Å². The zero-order valence-corrected chi connectivity index (χ0v) is 20.4. The monoisotopic (exact) mass is 526 g/mol. The highest BCUT2D eigenvalue weighted by atomic mass is 32.1. The van der Waals surface area contributed by atoms with Crippen LogP contribution in [0.1, 0.15) is 40.0 Å². The van der Waals surface area contributed by atoms with Gasteiger partial charge in [0.1, 0.15) is 5.69 Å². The molecular formula is C23H23F5N6OS. The molecule has 36 heavy (non-hydrogen) atoms. The summed E-state index contributed by atoms with van der Waals surface area (Å²) >= 11 is 1.24. The Morgan fingerprint density at radius 2 is 1.86 bits per heavy atom. The average molecular weight is 527 g/mol. The van der Waals surface area contributed by atoms with Gasteiger partial charge in [0, 0.05) is 31.6 Å². The summed E-state index contributed by atoms with van der Waals surface area (Å²) < 4.78 is 67.5. The number of nitrogens with zero attached hydrogens (tertiary/aromatic N) is 5. The van der Waals surface area contributed by atoms with Gasteiger partial charge < -0.3 is 10.2 Å². The molecule has 3 aromatic heterocycles. The molecule has 0 unspecified atom stereocenters. The highest BCUT2D eigenvalue weighted by molar-refractivity contribution is 7.15. The molecule has 1 N–H and O–H groups in total. The van der Waals surface area contributed by atoms with Crippen LogP contribution in [0.15, 0.2) is 30.7 Å². The molecule has 3 aromatic rings. The lowest BCUT2D eigenvalue weighted by Crippen LogP contribution is -2.57. The van der Waals surface area contributed by atoms with E-state index in [2.05, 4.69) is 25.3 Å². The van der Waals surface area contributed by atoms with Gasteiger partial charge in [0.2, 0.25) is 5.95 Å². The Kier molecular flexibility index (Phi) is 6.95. The minimum atomic E-state index is -4.58. The molecule has 4 rings (SSSR count). The van der Waals surface area contributed by atoms with Crippen molar-refractivity contribution in [2.45, 2.75) is 45.3 Å². The van der Waals surface area contributed by atoms with Gasteiger partial charge in [0.25, 0.3) is 11.8 Å². The molecule has 1 saturated heterocycles. The average Bonchev–Trinajstić information content (AvgIpc) is 3.19. The first-order valence-electron chi connectivity index (χ1n) is 11.1. The third-order valence-corrected chi connectivity index (χ3v) is 6.86. The third-order valence-electron chi connectivity index (χ3n) is 5.87. The van der Waals surface area contributed by atoms with Crippen molar-refractivity contribution in [3.8, 4) is 10.6 Å². The third kappa shape index (κ3) is 5.61. The first-order chi connectivity index (χ1) is 16.8. The Labute approximate surface area is 207 Å². The van der Waals surface area contributed by atoms with Crippen molar-refractivity contribution >= 4 is 23.2 Å². The van der Waals surface area contributed by atoms with Crippen LogP contribution in [0.25, 0.3) is 10.6 Å². The predicted molar refractivity (Wildman–Crippen MR) is 124 cm³/mol. The van der Waals surface area contributed by atoms with E-state index in [1.807, 2.05) is 13.0 Å². The van der Waals surface area contributed by atoms with Gasteiger partial charge in [-0.3, -0.25) is 9.78 Å². The number of alkyl halides is 5. The molecule has 13 heteroatoms. The van der Waals surface area contributed by atoms with Gasteiger partial charge in [0.15, 0.2) is 0 Å². The molecule has 2 atom stereocenters. The molecule has 0 aromatic carbocycles. The smallest absolute Gasteiger partial charge is 0.352 e. The number of anilines is 1. The quantitative estimate of drug-likeness (QED) is 0.459. The van der Waals surface area contributed by atoms with E-state index in [0.29, 0.717) is 28.0 Å². The number of thiazole rings is 1. The Balaban J connectivity index is 1.60. The molecule has 0 radical (unpaired) electrons. The largest absolute Gasteiger partial charge is 0.419 e. The van der Waals surface area contributed by atoms with E-state index < -0.39 is 48.5 Å². The number of carbonyl (C=O) groups excluding carboxylic acids is 1. The second-order valence-corrected chi connectivity index (χ2v) is 10.0. The van der Waals surface area contributed by atoms with Gasteiger partial charge in [-0.15, -0.1) is 11.3 Å². The van der Waals surface area contributed by atoms with E-state index in [4.69, 9.17) is 0 Å². The van der Waals surface area contributed by atoms with Crippen molar-refractivity contribution in [2.75, 3.05) is 18.4 Å². The van der Waals surface area contributed by atoms with Gasteiger partial charge in [-0.2, -0.15) is 13.2 Å². The van der Waals surface area contributed by atoms with E-state index in [1.54, 1.807) is 26.1 Å². The molecule has 0 saturated carbocycles. The van der Waals surface area contributed by atoms with E-state index in [9.17, 15) is 26.7 Å². The molecule has 192 valence electrons. The maximum atomic E-state index is 14.6. The molecule has 1 aliphatic rings. The highest BCUT2D eigenvalue weighted by Crippen LogP contribution is 2.37. The van der Waals surface area contributed by atoms with Crippen molar-refractivity contribution in [2.24, 2.45) is 5.92 Å². The fourth-order valence-corrected chi connectivity index (χ4v) is 5.01. The Morgan fingerprint density at radius 1 is 1.17 bits per heavy atom. The molecule has 4 heterocycles. The number of aromatic nitrogens is 4. The topological polar surface area (TPSA) is 83.9 Å². The van der Waals surface area contributed by atoms with Gasteiger partial charge >= 0.3 is 6.18 Å². The van der Waals surface area contributed by atoms with Gasteiger partial charge in [-0.1, -0.05) is 13.0 Å². The summed E-state index contributed by atoms with van der Waals surface area (Å²) in [6, 6.07) is 2.87. The molecular weight excluding hydrogens is 503 g/mol. The molecule has 1 fully saturated rings. The normalized spacial score (nSPS) is 19.8. The zero-order valence-electron chi connectivity index (χ0n) is 19.6. The standard InChI is InChI=1S/C23H23F5N6OS/c1-12-4-5-16(29-7-12)19-18(33-14(3)36-19)20(35)34-11-22(24,25)6-13(2)17(34)10-32-21-30-8-15(9-31-21)23(26,27)28/h4-5,7-9,13,17H,6,10-11H2,1-3H3,(H,30,31,32)/t13-,17-/m1/s1. The number of rotatable bonds is 5. The number of nitrogens with one attached hydrogen (secondary N) is 1. The summed E-state index contributed by atoms with van der Waals surface area (Å²) in [7, 11) is 0. The lowest BCUT2D eigenvalue weighted by atomic mass is 9.88. The lowest BCUT2D eigenvalue weighted by Gasteiger charge is -2.43. The van der Waals surface area contributed by atoms with Crippen LogP contribution in [0.3, 0.4) is 0 Å². The summed E-state index contributed by atoms with van der Waals surface area (Å²) in [6.45, 7) is 4.34. The number of amides is 1. The van der Waals surface area contributed by atoms with Crippen molar-refractivity contribution < 1.29 is 26.7 Å². The van der Waals surface area contributed by atoms with E-state index in [1.165, 1.54) is 11.3 Å². The summed E-state index contributed by atoms with van der Waals surface area (Å²) in [5.74, 6) is -4.50. The second kappa shape index (κ2) is 9.68. The predicted octanol–water partition coefficient (Wildman–Crippen LogP) is 5.23. The van der Waals surface area contributed by atoms with Crippen molar-refractivity contribution in [3.63, 3.8) is 0 Å². The zero-order chi connectivity index (χ0) is 26.3. The molecule has 1 aliphatic heterocycles. The first kappa shape index (κ1) is 25.9. The Morgan fingerprint density at radius 3 is 2.47 bits per heavy atom. The number of likely N-dealkylation sites (tertiary alicyclic amines) is 1. The Hall–Kier alpha value is -3.22. The van der Waals surface area contributed by atoms with Gasteiger partial charge in [-0.25, -0.2) is 23.7 Å². The molecule has 0 bridgehead atoms. The van der Waals surface area contributed by atoms with Crippen LogP contribution in [0.2, 0.25) is 0 Å². The summed E-state index contributed by atoms with van der Waals surface area (Å²) in [4.78, 5) is 31.2. The number of piperidine rings is 1. The fourth-order valence-electron chi connectivity index (χ4n) is 4.12. The maximum Gasteiger partial charge on any atom is 0.419 e. The van der Waals surface area contributed by atoms with Crippen LogP contribution in [-0.2, 0) is 6.18 Å². The summed E-state index contributed by atoms with van der Waals surface area (Å²) in [5, 5.41) is 3.37. The van der Waals surface area contributed by atoms with E-state index in [-0.39, 0.29) is 18.2 Å². The van der Waals surface area contributed by atoms with Crippen LogP contribution >= 0.6 is 11.3 Å². The van der Waals surface area contributed by atoms with Crippen molar-refractivity contribution in [1.29, 1.82) is 0 Å². The van der Waals surface area contributed by atoms with Crippen LogP contribution in [0.5, 0.6) is 0 Å². The fraction of sp³-hybridized carbons (Fsp3) is 0.435. The van der Waals surface area contributed by atoms with Gasteiger partial charge in [-0.05, 0) is 31.4 Å². The highest BCUT2D eigenvalue weighted by Gasteiger charge is 2.47. The SMILES string of the molecule is Cc1ccc(-c2sc(C)nc2C(=O)N2CC(F)(F)C[C@@H](C)[C@H]2CNc2ncc(C(F)(F)F)cn2)nc1. The number of aryl methyl sites for hydroxylation is 2. The Bertz CT molecular complexity index is 1230. The number of pyridine rings is 1. The van der Waals surface area contributed by atoms with E-state index >= 15 is 0 Å². The number of hydrogen-bond donors (Lipinski definition) is 1. The number of halogens is 5. The lowest BCUT2D eigenvalue weighted by molar-refractivity contribution is -0.138. The van der Waals surface area contributed by atoms with Crippen LogP contribution in [0, 0.1) is 19.8 Å². The summed E-state index contributed by atoms with van der Waals surface area (Å²) in [5.41, 5.74) is 0.467. The van der Waals surface area contributed by atoms with E-state index in [0.717, 1.165) is 10.5 Å². The first-order valence-corrected chi connectivity index (χ1v) is 11.9. The van der Waals surface area contributed by atoms with Gasteiger partial charge in [0.05, 0.1) is 33.7 Å². The van der Waals surface area contributed by atoms with Crippen LogP contribution in [0.4, 0.5) is 27.9 Å². The second-order valence-electron chi connectivity index (χ2n) is 8.84. The molecule has 0 aliphatic carbocycles. The summed E-state index contributed by atoms with van der Waals surface area (Å²) in [6.07, 6.45) is -2.11. The van der Waals surface area contributed by atoms with Crippen LogP contribution in [-0.4, -0.2) is 55.8 Å². The minimum absolute atomic E-state index is 0.0322. The number of hydrogen-bond acceptors (Lipinski definition) is 7. The molecule has 0 spiro atoms. The maximum absolute atomic E-state index is 14.6. The van der Waals surface area contributed by atoms with Crippen molar-refractivity contribution in [1.82, 2.24) is 24.8 Å². The molecule has 7 nitrogen and oxygen atoms in total. The number of carbonyl (C=O) groups is 1. The molecule has 1 amide bonds. The minimum Gasteiger partial charge on any atom is -0.352 e. The van der Waals surface area contributed by atoms with Crippen molar-refractivity contribution in [3.05, 3.63) is 52.6 Å².